The van der Waals surface area contributed by atoms with Crippen LogP contribution < -0.4 is 5.32 Å². The molecule has 0 radical (unpaired) electrons. The fourth-order valence-corrected chi connectivity index (χ4v) is 3.00. The quantitative estimate of drug-likeness (QED) is 0.827. The molecule has 1 amide bonds. The van der Waals surface area contributed by atoms with Gasteiger partial charge in [-0.3, -0.25) is 9.48 Å². The van der Waals surface area contributed by atoms with Crippen LogP contribution in [-0.4, -0.2) is 33.4 Å². The Morgan fingerprint density at radius 3 is 2.90 bits per heavy atom. The Bertz CT molecular complexity index is 456. The topological polar surface area (TPSA) is 67.2 Å². The van der Waals surface area contributed by atoms with Gasteiger partial charge < -0.3 is 10.4 Å². The van der Waals surface area contributed by atoms with Crippen LogP contribution in [0.1, 0.15) is 55.2 Å². The molecule has 1 saturated carbocycles. The Balaban J connectivity index is 2.08. The molecule has 0 bridgehead atoms. The van der Waals surface area contributed by atoms with E-state index in [-0.39, 0.29) is 24.5 Å². The van der Waals surface area contributed by atoms with E-state index in [0.29, 0.717) is 12.2 Å². The van der Waals surface area contributed by atoms with Crippen molar-refractivity contribution in [1.29, 1.82) is 0 Å². The number of aryl methyl sites for hydroxylation is 2. The molecule has 1 aromatic heterocycles. The minimum atomic E-state index is -0.0715. The third kappa shape index (κ3) is 3.39. The third-order valence-electron chi connectivity index (χ3n) is 4.14. The second-order valence-corrected chi connectivity index (χ2v) is 5.65. The lowest BCUT2D eigenvalue weighted by molar-refractivity contribution is 0.0888. The van der Waals surface area contributed by atoms with Crippen molar-refractivity contribution in [2.24, 2.45) is 5.92 Å². The van der Waals surface area contributed by atoms with E-state index in [4.69, 9.17) is 0 Å². The van der Waals surface area contributed by atoms with E-state index in [1.165, 1.54) is 6.42 Å². The summed E-state index contributed by atoms with van der Waals surface area (Å²) in [7, 11) is 0. The van der Waals surface area contributed by atoms with Crippen LogP contribution in [0.4, 0.5) is 0 Å². The summed E-state index contributed by atoms with van der Waals surface area (Å²) in [6, 6.07) is 1.90. The van der Waals surface area contributed by atoms with Crippen molar-refractivity contribution in [3.05, 3.63) is 17.5 Å². The van der Waals surface area contributed by atoms with Gasteiger partial charge in [-0.1, -0.05) is 19.3 Å². The summed E-state index contributed by atoms with van der Waals surface area (Å²) >= 11 is 0. The Kier molecular flexibility index (Phi) is 5.17. The molecular formula is C15H25N3O2. The van der Waals surface area contributed by atoms with Gasteiger partial charge in [0.05, 0.1) is 5.69 Å². The highest BCUT2D eigenvalue weighted by Crippen LogP contribution is 2.23. The molecule has 2 N–H and O–H groups in total. The van der Waals surface area contributed by atoms with E-state index < -0.39 is 0 Å². The SMILES string of the molecule is CCn1nc(C)cc1C(=O)NC1CCCCCC1CO. The summed E-state index contributed by atoms with van der Waals surface area (Å²) in [5, 5.41) is 16.9. The summed E-state index contributed by atoms with van der Waals surface area (Å²) in [5.74, 6) is 0.110. The minimum Gasteiger partial charge on any atom is -0.396 e. The molecular weight excluding hydrogens is 254 g/mol. The number of carbonyl (C=O) groups excluding carboxylic acids is 1. The number of nitrogens with zero attached hydrogens (tertiary/aromatic N) is 2. The van der Waals surface area contributed by atoms with Crippen LogP contribution in [0.25, 0.3) is 0 Å². The molecule has 2 atom stereocenters. The van der Waals surface area contributed by atoms with Gasteiger partial charge in [0.25, 0.3) is 5.91 Å². The molecule has 112 valence electrons. The zero-order valence-corrected chi connectivity index (χ0v) is 12.4. The molecule has 20 heavy (non-hydrogen) atoms. The maximum atomic E-state index is 12.4. The predicted octanol–water partition coefficient (Wildman–Crippen LogP) is 1.88. The van der Waals surface area contributed by atoms with Gasteiger partial charge in [0.1, 0.15) is 5.69 Å². The maximum absolute atomic E-state index is 12.4. The average Bonchev–Trinajstić information content (AvgIpc) is 2.68. The van der Waals surface area contributed by atoms with E-state index in [0.717, 1.165) is 31.4 Å². The highest BCUT2D eigenvalue weighted by atomic mass is 16.3. The molecule has 1 aromatic rings. The molecule has 2 rings (SSSR count). The zero-order chi connectivity index (χ0) is 14.5. The lowest BCUT2D eigenvalue weighted by atomic mass is 9.95. The van der Waals surface area contributed by atoms with E-state index in [2.05, 4.69) is 10.4 Å². The molecule has 0 aliphatic heterocycles. The Hall–Kier alpha value is -1.36. The molecule has 0 aromatic carbocycles. The molecule has 5 heteroatoms. The van der Waals surface area contributed by atoms with Crippen LogP contribution in [0.2, 0.25) is 0 Å². The van der Waals surface area contributed by atoms with Gasteiger partial charge in [-0.2, -0.15) is 5.10 Å². The lowest BCUT2D eigenvalue weighted by Gasteiger charge is -2.24. The first kappa shape index (κ1) is 15.0. The zero-order valence-electron chi connectivity index (χ0n) is 12.4. The second kappa shape index (κ2) is 6.88. The van der Waals surface area contributed by atoms with Crippen molar-refractivity contribution in [3.63, 3.8) is 0 Å². The smallest absolute Gasteiger partial charge is 0.269 e. The van der Waals surface area contributed by atoms with Crippen LogP contribution in [0.5, 0.6) is 0 Å². The average molecular weight is 279 g/mol. The van der Waals surface area contributed by atoms with Crippen molar-refractivity contribution >= 4 is 5.91 Å². The number of aromatic nitrogens is 2. The highest BCUT2D eigenvalue weighted by molar-refractivity contribution is 5.92. The first-order valence-corrected chi connectivity index (χ1v) is 7.62. The van der Waals surface area contributed by atoms with E-state index in [1.54, 1.807) is 4.68 Å². The number of aliphatic hydroxyl groups is 1. The number of rotatable bonds is 4. The minimum absolute atomic E-state index is 0.0715. The standard InChI is InChI=1S/C15H25N3O2/c1-3-18-14(9-11(2)17-18)15(20)16-13-8-6-4-5-7-12(13)10-19/h9,12-13,19H,3-8,10H2,1-2H3,(H,16,20). The molecule has 2 unspecified atom stereocenters. The van der Waals surface area contributed by atoms with E-state index in [9.17, 15) is 9.90 Å². The number of hydrogen-bond donors (Lipinski definition) is 2. The number of hydrogen-bond acceptors (Lipinski definition) is 3. The number of amides is 1. The summed E-state index contributed by atoms with van der Waals surface area (Å²) in [6.45, 7) is 4.71. The maximum Gasteiger partial charge on any atom is 0.269 e. The molecule has 1 fully saturated rings. The predicted molar refractivity (Wildman–Crippen MR) is 77.6 cm³/mol. The Morgan fingerprint density at radius 2 is 2.20 bits per heavy atom. The van der Waals surface area contributed by atoms with Crippen LogP contribution in [0.15, 0.2) is 6.07 Å². The molecule has 0 spiro atoms. The third-order valence-corrected chi connectivity index (χ3v) is 4.14. The van der Waals surface area contributed by atoms with Crippen molar-refractivity contribution in [1.82, 2.24) is 15.1 Å². The largest absolute Gasteiger partial charge is 0.396 e. The molecule has 0 saturated heterocycles. The van der Waals surface area contributed by atoms with Crippen molar-refractivity contribution in [2.45, 2.75) is 58.5 Å². The summed E-state index contributed by atoms with van der Waals surface area (Å²) in [6.07, 6.45) is 5.40. The fraction of sp³-hybridized carbons (Fsp3) is 0.733. The van der Waals surface area contributed by atoms with Crippen LogP contribution in [0.3, 0.4) is 0 Å². The van der Waals surface area contributed by atoms with Crippen molar-refractivity contribution < 1.29 is 9.90 Å². The Morgan fingerprint density at radius 1 is 1.45 bits per heavy atom. The monoisotopic (exact) mass is 279 g/mol. The van der Waals surface area contributed by atoms with Crippen molar-refractivity contribution in [2.75, 3.05) is 6.61 Å². The van der Waals surface area contributed by atoms with Gasteiger partial charge >= 0.3 is 0 Å². The molecule has 5 nitrogen and oxygen atoms in total. The molecule has 1 aliphatic carbocycles. The van der Waals surface area contributed by atoms with Gasteiger partial charge in [-0.05, 0) is 32.8 Å². The normalized spacial score (nSPS) is 23.4. The summed E-state index contributed by atoms with van der Waals surface area (Å²) in [5.41, 5.74) is 1.47. The van der Waals surface area contributed by atoms with Crippen LogP contribution >= 0.6 is 0 Å². The summed E-state index contributed by atoms with van der Waals surface area (Å²) in [4.78, 5) is 12.4. The summed E-state index contributed by atoms with van der Waals surface area (Å²) < 4.78 is 1.73. The molecule has 1 aliphatic rings. The van der Waals surface area contributed by atoms with Gasteiger partial charge in [-0.15, -0.1) is 0 Å². The molecule has 1 heterocycles. The highest BCUT2D eigenvalue weighted by Gasteiger charge is 2.26. The van der Waals surface area contributed by atoms with Gasteiger partial charge in [-0.25, -0.2) is 0 Å². The van der Waals surface area contributed by atoms with Gasteiger partial charge in [0.15, 0.2) is 0 Å². The van der Waals surface area contributed by atoms with Gasteiger partial charge in [0.2, 0.25) is 0 Å². The number of aliphatic hydroxyl groups excluding tert-OH is 1. The lowest BCUT2D eigenvalue weighted by Crippen LogP contribution is -2.41. The van der Waals surface area contributed by atoms with E-state index >= 15 is 0 Å². The Labute approximate surface area is 120 Å². The van der Waals surface area contributed by atoms with Crippen LogP contribution in [0, 0.1) is 12.8 Å². The van der Waals surface area contributed by atoms with Crippen molar-refractivity contribution in [3.8, 4) is 0 Å². The number of carbonyl (C=O) groups is 1. The first-order chi connectivity index (χ1) is 9.65. The van der Waals surface area contributed by atoms with Crippen LogP contribution in [-0.2, 0) is 6.54 Å². The van der Waals surface area contributed by atoms with E-state index in [1.807, 2.05) is 19.9 Å². The fourth-order valence-electron chi connectivity index (χ4n) is 3.00. The second-order valence-electron chi connectivity index (χ2n) is 5.65. The first-order valence-electron chi connectivity index (χ1n) is 7.62. The number of nitrogens with one attached hydrogen (secondary N) is 1. The van der Waals surface area contributed by atoms with Gasteiger partial charge in [0, 0.05) is 25.1 Å².